The SMILES string of the molecule is N#C/C(c1cnc2cc(Cl)c(Cl)cc2n1)=c1\c2c(-c3ccc(OC(=O)c4ccc5c(c4)C(=O)N(CCCS(=O)(=O)O)C5=O)cc3)n(B(c3ccccc3)c3ccccc3)/c(=C(/C#N)c3cnc4cc(Cl)c(Cl)cc4n3)c2c(-c2ccc(OC(=O)c3ccc4c(c3)C(=O)N(CCCS(=O)(=O)O)C4=O)cc2)n1B(c1ccccc1)c1ccccc1. The Labute approximate surface area is 692 Å². The Bertz CT molecular complexity index is 6570. The fourth-order valence-corrected chi connectivity index (χ4v) is 16.6. The zero-order valence-electron chi connectivity index (χ0n) is 61.1. The zero-order valence-corrected chi connectivity index (χ0v) is 65.7. The quantitative estimate of drug-likeness (QED) is 0.0209. The predicted molar refractivity (Wildman–Crippen MR) is 448 cm³/mol. The largest absolute Gasteiger partial charge is 0.423 e. The van der Waals surface area contributed by atoms with Gasteiger partial charge < -0.3 is 18.4 Å². The molecule has 578 valence electrons. The molecule has 0 bridgehead atoms. The van der Waals surface area contributed by atoms with Crippen molar-refractivity contribution in [2.45, 2.75) is 12.8 Å². The van der Waals surface area contributed by atoms with Crippen LogP contribution in [0.2, 0.25) is 20.1 Å². The van der Waals surface area contributed by atoms with E-state index >= 15 is 0 Å². The topological polar surface area (TPSA) is 345 Å². The van der Waals surface area contributed by atoms with Crippen LogP contribution in [0.5, 0.6) is 11.5 Å². The second kappa shape index (κ2) is 32.1. The number of fused-ring (bicyclic) bond motifs is 5. The van der Waals surface area contributed by atoms with E-state index in [-0.39, 0.29) is 135 Å². The van der Waals surface area contributed by atoms with E-state index in [1.807, 2.05) is 130 Å². The summed E-state index contributed by atoms with van der Waals surface area (Å²) < 4.78 is 81.2. The number of amides is 4. The molecular formula is C86H54B2Cl4N10O14S2. The molecule has 2 aliphatic heterocycles. The van der Waals surface area contributed by atoms with Gasteiger partial charge >= 0.3 is 25.6 Å². The van der Waals surface area contributed by atoms with E-state index in [0.717, 1.165) is 9.80 Å². The maximum Gasteiger partial charge on any atom is 0.343 e. The first-order valence-corrected chi connectivity index (χ1v) is 40.9. The molecule has 2 aliphatic rings. The van der Waals surface area contributed by atoms with E-state index in [1.54, 1.807) is 36.4 Å². The lowest BCUT2D eigenvalue weighted by molar-refractivity contribution is 0.0639. The number of carbonyl (C=O) groups excluding carboxylic acids is 6. The summed E-state index contributed by atoms with van der Waals surface area (Å²) in [5, 5.41) is 26.9. The Morgan fingerprint density at radius 2 is 0.729 bits per heavy atom. The van der Waals surface area contributed by atoms with Crippen molar-refractivity contribution >= 4 is 182 Å². The monoisotopic (exact) mass is 1680 g/mol. The van der Waals surface area contributed by atoms with Crippen LogP contribution in [0.3, 0.4) is 0 Å². The van der Waals surface area contributed by atoms with Gasteiger partial charge in [0.2, 0.25) is 0 Å². The van der Waals surface area contributed by atoms with Gasteiger partial charge in [0, 0.05) is 35.2 Å². The first-order chi connectivity index (χ1) is 56.8. The summed E-state index contributed by atoms with van der Waals surface area (Å²) in [5.74, 6) is -6.38. The minimum absolute atomic E-state index is 0.0184. The molecule has 118 heavy (non-hydrogen) atoms. The van der Waals surface area contributed by atoms with Gasteiger partial charge in [-0.15, -0.1) is 0 Å². The number of nitrogens with zero attached hydrogens (tertiary/aromatic N) is 10. The highest BCUT2D eigenvalue weighted by atomic mass is 35.5. The summed E-state index contributed by atoms with van der Waals surface area (Å²) in [4.78, 5) is 105. The van der Waals surface area contributed by atoms with Gasteiger partial charge in [0.25, 0.3) is 43.9 Å². The number of benzene rings is 10. The molecule has 24 nitrogen and oxygen atoms in total. The van der Waals surface area contributed by atoms with Gasteiger partial charge in [-0.2, -0.15) is 27.4 Å². The molecule has 4 amide bonds. The Kier molecular flexibility index (Phi) is 21.4. The van der Waals surface area contributed by atoms with Crippen LogP contribution < -0.4 is 42.0 Å². The van der Waals surface area contributed by atoms with Crippen molar-refractivity contribution in [2.24, 2.45) is 0 Å². The molecule has 0 saturated heterocycles. The van der Waals surface area contributed by atoms with Crippen molar-refractivity contribution in [1.82, 2.24) is 38.7 Å². The van der Waals surface area contributed by atoms with Crippen LogP contribution in [0.15, 0.2) is 243 Å². The molecular weight excluding hydrogens is 1620 g/mol. The number of carbonyl (C=O) groups is 6. The first kappa shape index (κ1) is 78.6. The highest BCUT2D eigenvalue weighted by Crippen LogP contribution is 2.39. The second-order valence-corrected chi connectivity index (χ2v) is 32.3. The number of imide groups is 2. The number of aromatic nitrogens is 6. The van der Waals surface area contributed by atoms with Crippen LogP contribution in [-0.2, 0) is 20.2 Å². The van der Waals surface area contributed by atoms with E-state index in [1.165, 1.54) is 85.2 Å². The molecule has 10 aromatic carbocycles. The smallest absolute Gasteiger partial charge is 0.343 e. The third-order valence-corrected chi connectivity index (χ3v) is 23.2. The number of esters is 2. The highest BCUT2D eigenvalue weighted by molar-refractivity contribution is 7.86. The maximum atomic E-state index is 14.5. The average Bonchev–Trinajstić information content (AvgIpc) is 1.52. The van der Waals surface area contributed by atoms with Gasteiger partial charge in [-0.3, -0.25) is 48.1 Å². The molecule has 0 atom stereocenters. The number of ether oxygens (including phenoxy) is 2. The number of hydrogen-bond donors (Lipinski definition) is 2. The predicted octanol–water partition coefficient (Wildman–Crippen LogP) is 11.2. The lowest BCUT2D eigenvalue weighted by Gasteiger charge is -2.24. The number of halogens is 4. The maximum absolute atomic E-state index is 14.5. The lowest BCUT2D eigenvalue weighted by atomic mass is 9.50. The molecule has 32 heteroatoms. The fraction of sp³-hybridized carbons (Fsp3) is 0.0698. The van der Waals surface area contributed by atoms with Gasteiger partial charge in [0.15, 0.2) is 0 Å². The Morgan fingerprint density at radius 1 is 0.415 bits per heavy atom. The molecule has 4 aromatic heterocycles. The van der Waals surface area contributed by atoms with E-state index in [4.69, 9.17) is 75.8 Å². The standard InChI is InChI=1S/C86H54B2Cl4N10O14S2/c89-65-41-69-71(43-67(65)91)97-73(47-95-69)63(45-93)79-76-75(77(101(79)87(53-15-5-1-6-16-53)54-17-7-2-8-18-54)49-23-29-57(30-24-49)115-85(107)51-27-33-59-61(39-51)83(105)99(81(59)103)35-13-37-117(109,110)111)80(64(46-94)74-48-96-70-42-66(90)68(92)44-72(70)98-74)102(88(55-19-9-3-10-20-55)56-21-11-4-12-22-56)78(76)50-25-31-58(32-26-50)116-86(108)52-28-34-60-62(40-52)84(106)100(82(60)104)36-14-38-118(112,113)114/h1-12,15-34,39-44,47-48H,13-14,35-38H2,(H,109,110,111)(H,112,113,114)/b79-63-,80-64-. The third-order valence-electron chi connectivity index (χ3n) is 20.2. The molecule has 0 radical (unpaired) electrons. The molecule has 0 fully saturated rings. The van der Waals surface area contributed by atoms with Crippen LogP contribution in [-0.4, -0.2) is 138 Å². The van der Waals surface area contributed by atoms with Gasteiger partial charge in [0.1, 0.15) is 46.2 Å². The molecule has 14 aromatic rings. The summed E-state index contributed by atoms with van der Waals surface area (Å²) in [5.41, 5.74) is 4.61. The van der Waals surface area contributed by atoms with Gasteiger partial charge in [-0.25, -0.2) is 19.6 Å². The fourth-order valence-electron chi connectivity index (χ4n) is 15.0. The average molecular weight is 1680 g/mol. The van der Waals surface area contributed by atoms with Crippen molar-refractivity contribution in [3.63, 3.8) is 0 Å². The Hall–Kier alpha value is -13.3. The first-order valence-electron chi connectivity index (χ1n) is 36.2. The summed E-state index contributed by atoms with van der Waals surface area (Å²) in [7, 11) is -8.84. The molecule has 2 N–H and O–H groups in total. The Balaban J connectivity index is 1.00. The molecule has 0 aliphatic carbocycles. The van der Waals surface area contributed by atoms with Crippen LogP contribution in [0.4, 0.5) is 0 Å². The summed E-state index contributed by atoms with van der Waals surface area (Å²) in [6.07, 6.45) is 2.39. The van der Waals surface area contributed by atoms with Crippen LogP contribution in [0, 0.1) is 22.7 Å². The summed E-state index contributed by atoms with van der Waals surface area (Å²) in [6, 6.07) is 69.7. The third kappa shape index (κ3) is 15.2. The van der Waals surface area contributed by atoms with E-state index in [2.05, 4.69) is 12.1 Å². The minimum Gasteiger partial charge on any atom is -0.423 e. The minimum atomic E-state index is -4.42. The van der Waals surface area contributed by atoms with Crippen molar-refractivity contribution in [3.8, 4) is 46.2 Å². The molecule has 6 heterocycles. The van der Waals surface area contributed by atoms with E-state index < -0.39 is 81.0 Å². The van der Waals surface area contributed by atoms with Crippen LogP contribution in [0.25, 0.3) is 66.5 Å². The number of nitriles is 2. The molecule has 0 unspecified atom stereocenters. The summed E-state index contributed by atoms with van der Waals surface area (Å²) in [6.45, 7) is -2.58. The lowest BCUT2D eigenvalue weighted by Crippen LogP contribution is -2.54. The highest BCUT2D eigenvalue weighted by Gasteiger charge is 2.41. The molecule has 0 spiro atoms. The molecule has 0 saturated carbocycles. The van der Waals surface area contributed by atoms with Crippen molar-refractivity contribution in [1.29, 1.82) is 10.5 Å². The normalized spacial score (nSPS) is 13.2. The second-order valence-electron chi connectivity index (χ2n) is 27.5. The van der Waals surface area contributed by atoms with Gasteiger partial charge in [-0.1, -0.05) is 190 Å². The number of hydrogen-bond acceptors (Lipinski definition) is 18. The van der Waals surface area contributed by atoms with Gasteiger partial charge in [-0.05, 0) is 133 Å². The van der Waals surface area contributed by atoms with E-state index in [0.29, 0.717) is 66.2 Å². The zero-order chi connectivity index (χ0) is 82.6. The molecule has 16 rings (SSSR count). The van der Waals surface area contributed by atoms with Crippen molar-refractivity contribution in [3.05, 3.63) is 318 Å². The van der Waals surface area contributed by atoms with Gasteiger partial charge in [0.05, 0.1) is 110 Å². The van der Waals surface area contributed by atoms with Crippen molar-refractivity contribution < 1.29 is 64.2 Å². The van der Waals surface area contributed by atoms with Crippen molar-refractivity contribution in [2.75, 3.05) is 24.6 Å². The van der Waals surface area contributed by atoms with Crippen LogP contribution in [0.1, 0.15) is 86.4 Å². The van der Waals surface area contributed by atoms with E-state index in [9.17, 15) is 65.2 Å². The number of rotatable bonds is 22. The summed E-state index contributed by atoms with van der Waals surface area (Å²) >= 11 is 26.8. The van der Waals surface area contributed by atoms with Crippen LogP contribution >= 0.6 is 46.4 Å². The Morgan fingerprint density at radius 3 is 1.04 bits per heavy atom.